The number of halogens is 4. The lowest BCUT2D eigenvalue weighted by molar-refractivity contribution is -0.275. The van der Waals surface area contributed by atoms with Gasteiger partial charge in [0.1, 0.15) is 10.7 Å². The number of hydrogen-bond donors (Lipinski definition) is 4. The van der Waals surface area contributed by atoms with Crippen LogP contribution in [-0.2, 0) is 10.0 Å². The van der Waals surface area contributed by atoms with Crippen LogP contribution in [0.15, 0.2) is 51.8 Å². The Morgan fingerprint density at radius 3 is 2.38 bits per heavy atom. The summed E-state index contributed by atoms with van der Waals surface area (Å²) < 4.78 is 70.6. The molecule has 0 radical (unpaired) electrons. The summed E-state index contributed by atoms with van der Waals surface area (Å²) in [6.45, 7) is 1.87. The largest absolute Gasteiger partial charge is 0.573 e. The van der Waals surface area contributed by atoms with Crippen molar-refractivity contribution in [1.82, 2.24) is 14.7 Å². The third-order valence-electron chi connectivity index (χ3n) is 6.54. The molecular weight excluding hydrogens is 601 g/mol. The highest BCUT2D eigenvalue weighted by atomic mass is 79.9. The number of nitrogens with zero attached hydrogens (tertiary/aromatic N) is 2. The van der Waals surface area contributed by atoms with Crippen LogP contribution < -0.4 is 25.8 Å². The van der Waals surface area contributed by atoms with Crippen LogP contribution in [0.1, 0.15) is 25.7 Å². The first-order chi connectivity index (χ1) is 18.5. The van der Waals surface area contributed by atoms with E-state index in [9.17, 15) is 21.6 Å². The number of benzene rings is 2. The molecule has 1 heterocycles. The summed E-state index contributed by atoms with van der Waals surface area (Å²) in [5.74, 6) is 0.888. The first-order valence-corrected chi connectivity index (χ1v) is 14.8. The van der Waals surface area contributed by atoms with Gasteiger partial charge >= 0.3 is 6.36 Å². The zero-order valence-corrected chi connectivity index (χ0v) is 23.4. The van der Waals surface area contributed by atoms with E-state index in [1.54, 1.807) is 0 Å². The average Bonchev–Trinajstić information content (AvgIpc) is 2.89. The minimum Gasteiger partial charge on any atom is -0.404 e. The highest BCUT2D eigenvalue weighted by molar-refractivity contribution is 9.10. The number of nitrogens with one attached hydrogen (secondary N) is 3. The van der Waals surface area contributed by atoms with Gasteiger partial charge in [-0.15, -0.1) is 13.2 Å². The number of alkyl halides is 3. The molecule has 212 valence electrons. The van der Waals surface area contributed by atoms with Crippen molar-refractivity contribution in [2.45, 2.75) is 36.9 Å². The quantitative estimate of drug-likeness (QED) is 0.236. The van der Waals surface area contributed by atoms with Crippen molar-refractivity contribution in [1.29, 1.82) is 0 Å². The van der Waals surface area contributed by atoms with Crippen molar-refractivity contribution in [3.63, 3.8) is 0 Å². The minimum absolute atomic E-state index is 0.0717. The average molecular weight is 632 g/mol. The number of anilines is 2. The summed E-state index contributed by atoms with van der Waals surface area (Å²) >= 11 is 3.05. The van der Waals surface area contributed by atoms with E-state index < -0.39 is 27.0 Å². The van der Waals surface area contributed by atoms with Gasteiger partial charge in [0, 0.05) is 36.0 Å². The standard InChI is InChI=1S/C25H30BrF3N6O3S/c26-18-9-10-22(21(13-18)38-25(27,28)29)39(36,37)33-15-17-7-5-16(6-8-17)14-32-24-34-20-4-2-1-3-19(20)23(35-24)31-12-11-30/h1-4,9-10,13,16-17,33H,5-8,11-12,14-15,30H2,(H2,31,32,34,35)/t16-,17-. The van der Waals surface area contributed by atoms with E-state index >= 15 is 0 Å². The third-order valence-corrected chi connectivity index (χ3v) is 8.49. The van der Waals surface area contributed by atoms with Gasteiger partial charge in [-0.25, -0.2) is 18.1 Å². The predicted octanol–water partition coefficient (Wildman–Crippen LogP) is 4.86. The second kappa shape index (κ2) is 12.7. The zero-order valence-electron chi connectivity index (χ0n) is 21.0. The van der Waals surface area contributed by atoms with Gasteiger partial charge in [0.25, 0.3) is 0 Å². The lowest BCUT2D eigenvalue weighted by atomic mass is 9.82. The summed E-state index contributed by atoms with van der Waals surface area (Å²) in [6, 6.07) is 11.1. The van der Waals surface area contributed by atoms with Crippen molar-refractivity contribution in [3.8, 4) is 5.75 Å². The van der Waals surface area contributed by atoms with Gasteiger partial charge in [-0.1, -0.05) is 28.1 Å². The Hall–Kier alpha value is -2.68. The maximum atomic E-state index is 12.8. The number of aromatic nitrogens is 2. The fourth-order valence-corrected chi connectivity index (χ4v) is 6.13. The van der Waals surface area contributed by atoms with E-state index in [2.05, 4.69) is 46.0 Å². The van der Waals surface area contributed by atoms with E-state index in [1.165, 1.54) is 6.07 Å². The SMILES string of the molecule is NCCNc1nc(NC[C@H]2CC[C@H](CNS(=O)(=O)c3ccc(Br)cc3OC(F)(F)F)CC2)nc2ccccc12. The van der Waals surface area contributed by atoms with Gasteiger partial charge in [0.05, 0.1) is 5.52 Å². The van der Waals surface area contributed by atoms with E-state index in [1.807, 2.05) is 24.3 Å². The first-order valence-electron chi connectivity index (χ1n) is 12.5. The molecule has 0 atom stereocenters. The van der Waals surface area contributed by atoms with E-state index in [4.69, 9.17) is 5.73 Å². The molecule has 5 N–H and O–H groups in total. The van der Waals surface area contributed by atoms with E-state index in [-0.39, 0.29) is 16.9 Å². The van der Waals surface area contributed by atoms with Gasteiger partial charge in [0.15, 0.2) is 5.75 Å². The Bertz CT molecular complexity index is 1390. The minimum atomic E-state index is -5.02. The Labute approximate surface area is 233 Å². The summed E-state index contributed by atoms with van der Waals surface area (Å²) in [7, 11) is -4.21. The number of hydrogen-bond acceptors (Lipinski definition) is 8. The maximum absolute atomic E-state index is 12.8. The number of para-hydroxylation sites is 1. The Kier molecular flexibility index (Phi) is 9.51. The molecule has 1 fully saturated rings. The van der Waals surface area contributed by atoms with Crippen LogP contribution in [-0.4, -0.2) is 50.9 Å². The van der Waals surface area contributed by atoms with E-state index in [0.29, 0.717) is 31.5 Å². The van der Waals surface area contributed by atoms with Crippen molar-refractivity contribution in [3.05, 3.63) is 46.9 Å². The second-order valence-corrected chi connectivity index (χ2v) is 12.0. The molecule has 3 aromatic rings. The zero-order chi connectivity index (χ0) is 28.0. The highest BCUT2D eigenvalue weighted by Gasteiger charge is 2.34. The lowest BCUT2D eigenvalue weighted by Crippen LogP contribution is -2.33. The van der Waals surface area contributed by atoms with Gasteiger partial charge in [-0.3, -0.25) is 0 Å². The van der Waals surface area contributed by atoms with Crippen LogP contribution in [0.4, 0.5) is 24.9 Å². The molecule has 1 saturated carbocycles. The summed E-state index contributed by atoms with van der Waals surface area (Å²) in [4.78, 5) is 8.66. The van der Waals surface area contributed by atoms with Crippen LogP contribution in [0.5, 0.6) is 5.75 Å². The number of fused-ring (bicyclic) bond motifs is 1. The third kappa shape index (κ3) is 8.16. The van der Waals surface area contributed by atoms with Gasteiger partial charge < -0.3 is 21.1 Å². The Morgan fingerprint density at radius 2 is 1.69 bits per heavy atom. The van der Waals surface area contributed by atoms with Crippen LogP contribution in [0.25, 0.3) is 10.9 Å². The maximum Gasteiger partial charge on any atom is 0.573 e. The fourth-order valence-electron chi connectivity index (χ4n) is 4.57. The topological polar surface area (TPSA) is 131 Å². The molecule has 9 nitrogen and oxygen atoms in total. The molecule has 0 bridgehead atoms. The normalized spacial score (nSPS) is 18.2. The van der Waals surface area contributed by atoms with Gasteiger partial charge in [-0.2, -0.15) is 4.98 Å². The van der Waals surface area contributed by atoms with Crippen LogP contribution in [0, 0.1) is 11.8 Å². The molecular formula is C25H30BrF3N6O3S. The number of rotatable bonds is 11. The molecule has 2 aromatic carbocycles. The molecule has 1 aliphatic carbocycles. The lowest BCUT2D eigenvalue weighted by Gasteiger charge is -2.28. The molecule has 4 rings (SSSR count). The predicted molar refractivity (Wildman–Crippen MR) is 147 cm³/mol. The number of sulfonamides is 1. The first kappa shape index (κ1) is 29.3. The molecule has 1 aliphatic rings. The fraction of sp³-hybridized carbons (Fsp3) is 0.440. The Morgan fingerprint density at radius 1 is 1.00 bits per heavy atom. The molecule has 0 unspecified atom stereocenters. The van der Waals surface area contributed by atoms with Crippen molar-refractivity contribution in [2.75, 3.05) is 36.8 Å². The number of ether oxygens (including phenoxy) is 1. The highest BCUT2D eigenvalue weighted by Crippen LogP contribution is 2.33. The van der Waals surface area contributed by atoms with Crippen molar-refractivity contribution in [2.24, 2.45) is 17.6 Å². The summed E-state index contributed by atoms with van der Waals surface area (Å²) in [5.41, 5.74) is 6.45. The second-order valence-electron chi connectivity index (χ2n) is 9.39. The number of nitrogens with two attached hydrogens (primary N) is 1. The van der Waals surface area contributed by atoms with Crippen LogP contribution in [0.2, 0.25) is 0 Å². The summed E-state index contributed by atoms with van der Waals surface area (Å²) in [6.07, 6.45) is -1.72. The molecule has 0 saturated heterocycles. The van der Waals surface area contributed by atoms with Crippen molar-refractivity contribution >= 4 is 48.6 Å². The molecule has 0 amide bonds. The Balaban J connectivity index is 1.30. The molecule has 0 aliphatic heterocycles. The van der Waals surface area contributed by atoms with Gasteiger partial charge in [-0.05, 0) is 67.9 Å². The molecule has 1 aromatic heterocycles. The van der Waals surface area contributed by atoms with E-state index in [0.717, 1.165) is 54.5 Å². The smallest absolute Gasteiger partial charge is 0.404 e. The molecule has 39 heavy (non-hydrogen) atoms. The van der Waals surface area contributed by atoms with Crippen molar-refractivity contribution < 1.29 is 26.3 Å². The monoisotopic (exact) mass is 630 g/mol. The molecule has 0 spiro atoms. The van der Waals surface area contributed by atoms with Gasteiger partial charge in [0.2, 0.25) is 16.0 Å². The van der Waals surface area contributed by atoms with Crippen LogP contribution >= 0.6 is 15.9 Å². The van der Waals surface area contributed by atoms with Crippen LogP contribution in [0.3, 0.4) is 0 Å². The summed E-state index contributed by atoms with van der Waals surface area (Å²) in [5, 5.41) is 7.49. The molecule has 14 heteroatoms.